The molecule has 0 aromatic heterocycles. The molecule has 0 unspecified atom stereocenters. The number of phenols is 1. The SMILES string of the molecule is Oc1cc(C(F)(F)F)ccc1Cl. The molecule has 1 N–H and O–H groups in total. The van der Waals surface area contributed by atoms with Crippen LogP contribution in [0.4, 0.5) is 13.2 Å². The van der Waals surface area contributed by atoms with Gasteiger partial charge in [0.05, 0.1) is 10.6 Å². The second-order valence-corrected chi connectivity index (χ2v) is 2.57. The van der Waals surface area contributed by atoms with Crippen LogP contribution in [-0.2, 0) is 6.18 Å². The number of halogens is 4. The van der Waals surface area contributed by atoms with Crippen molar-refractivity contribution in [3.8, 4) is 5.75 Å². The highest BCUT2D eigenvalue weighted by Gasteiger charge is 2.30. The molecule has 0 amide bonds. The molecular formula is C7H4ClF3O. The first-order valence-electron chi connectivity index (χ1n) is 2.97. The quantitative estimate of drug-likeness (QED) is 0.676. The van der Waals surface area contributed by atoms with Gasteiger partial charge in [-0.3, -0.25) is 0 Å². The topological polar surface area (TPSA) is 20.2 Å². The van der Waals surface area contributed by atoms with E-state index in [0.717, 1.165) is 12.1 Å². The zero-order valence-electron chi connectivity index (χ0n) is 5.69. The largest absolute Gasteiger partial charge is 0.506 e. The number of phenolic OH excluding ortho intramolecular Hbond substituents is 1. The van der Waals surface area contributed by atoms with Gasteiger partial charge in [-0.25, -0.2) is 0 Å². The minimum atomic E-state index is -4.44. The summed E-state index contributed by atoms with van der Waals surface area (Å²) >= 11 is 5.31. The molecule has 1 nitrogen and oxygen atoms in total. The van der Waals surface area contributed by atoms with Crippen molar-refractivity contribution in [1.29, 1.82) is 0 Å². The van der Waals surface area contributed by atoms with Crippen molar-refractivity contribution in [2.45, 2.75) is 6.18 Å². The van der Waals surface area contributed by atoms with E-state index in [4.69, 9.17) is 16.7 Å². The summed E-state index contributed by atoms with van der Waals surface area (Å²) in [5.41, 5.74) is -0.913. The summed E-state index contributed by atoms with van der Waals surface area (Å²) < 4.78 is 35.8. The van der Waals surface area contributed by atoms with E-state index in [1.54, 1.807) is 0 Å². The number of hydrogen-bond donors (Lipinski definition) is 1. The van der Waals surface area contributed by atoms with Crippen molar-refractivity contribution < 1.29 is 18.3 Å². The van der Waals surface area contributed by atoms with Gasteiger partial charge in [0.25, 0.3) is 0 Å². The molecule has 12 heavy (non-hydrogen) atoms. The Kier molecular flexibility index (Phi) is 2.19. The predicted octanol–water partition coefficient (Wildman–Crippen LogP) is 3.06. The number of aromatic hydroxyl groups is 1. The summed E-state index contributed by atoms with van der Waals surface area (Å²) in [6, 6.07) is 2.39. The summed E-state index contributed by atoms with van der Waals surface area (Å²) in [5.74, 6) is -0.563. The van der Waals surface area contributed by atoms with E-state index in [1.165, 1.54) is 0 Å². The van der Waals surface area contributed by atoms with Gasteiger partial charge in [0.2, 0.25) is 0 Å². The molecule has 0 fully saturated rings. The van der Waals surface area contributed by atoms with E-state index < -0.39 is 17.5 Å². The summed E-state index contributed by atoms with van der Waals surface area (Å²) in [6.07, 6.45) is -4.44. The molecule has 5 heteroatoms. The molecule has 1 aromatic rings. The fourth-order valence-electron chi connectivity index (χ4n) is 0.689. The lowest BCUT2D eigenvalue weighted by atomic mass is 10.2. The van der Waals surface area contributed by atoms with Crippen LogP contribution in [0.5, 0.6) is 5.75 Å². The second kappa shape index (κ2) is 2.86. The fraction of sp³-hybridized carbons (Fsp3) is 0.143. The summed E-state index contributed by atoms with van der Waals surface area (Å²) in [7, 11) is 0. The van der Waals surface area contributed by atoms with Crippen LogP contribution >= 0.6 is 11.6 Å². The van der Waals surface area contributed by atoms with Crippen LogP contribution in [0.15, 0.2) is 18.2 Å². The van der Waals surface area contributed by atoms with E-state index in [9.17, 15) is 13.2 Å². The molecule has 0 aliphatic heterocycles. The average molecular weight is 197 g/mol. The molecule has 0 heterocycles. The number of benzene rings is 1. The van der Waals surface area contributed by atoms with Gasteiger partial charge in [0, 0.05) is 0 Å². The van der Waals surface area contributed by atoms with E-state index in [1.807, 2.05) is 0 Å². The smallest absolute Gasteiger partial charge is 0.416 e. The minimum Gasteiger partial charge on any atom is -0.506 e. The molecule has 0 spiro atoms. The molecule has 0 aliphatic rings. The van der Waals surface area contributed by atoms with Gasteiger partial charge in [-0.05, 0) is 18.2 Å². The lowest BCUT2D eigenvalue weighted by Crippen LogP contribution is -2.03. The van der Waals surface area contributed by atoms with E-state index in [-0.39, 0.29) is 5.02 Å². The van der Waals surface area contributed by atoms with Gasteiger partial charge >= 0.3 is 6.18 Å². The molecule has 66 valence electrons. The molecule has 1 rings (SSSR count). The summed E-state index contributed by atoms with van der Waals surface area (Å²) in [4.78, 5) is 0. The standard InChI is InChI=1S/C7H4ClF3O/c8-5-2-1-4(3-6(5)12)7(9,10)11/h1-3,12H. The molecule has 0 saturated carbocycles. The summed E-state index contributed by atoms with van der Waals surface area (Å²) in [6.45, 7) is 0. The van der Waals surface area contributed by atoms with E-state index in [2.05, 4.69) is 0 Å². The van der Waals surface area contributed by atoms with Gasteiger partial charge in [-0.1, -0.05) is 11.6 Å². The molecule has 0 saturated heterocycles. The lowest BCUT2D eigenvalue weighted by molar-refractivity contribution is -0.137. The highest BCUT2D eigenvalue weighted by molar-refractivity contribution is 6.32. The summed E-state index contributed by atoms with van der Waals surface area (Å²) in [5, 5.41) is 8.74. The predicted molar refractivity (Wildman–Crippen MR) is 38.1 cm³/mol. The highest BCUT2D eigenvalue weighted by atomic mass is 35.5. The first-order valence-corrected chi connectivity index (χ1v) is 3.35. The van der Waals surface area contributed by atoms with Crippen LogP contribution in [0.1, 0.15) is 5.56 Å². The average Bonchev–Trinajstić information content (AvgIpc) is 1.92. The lowest BCUT2D eigenvalue weighted by Gasteiger charge is -2.06. The third kappa shape index (κ3) is 1.82. The molecule has 0 bridgehead atoms. The Morgan fingerprint density at radius 2 is 1.83 bits per heavy atom. The van der Waals surface area contributed by atoms with Gasteiger partial charge in [0.1, 0.15) is 5.75 Å². The normalized spacial score (nSPS) is 11.7. The van der Waals surface area contributed by atoms with Crippen LogP contribution in [0.3, 0.4) is 0 Å². The first-order chi connectivity index (χ1) is 5.41. The molecule has 0 radical (unpaired) electrons. The molecule has 0 aliphatic carbocycles. The third-order valence-electron chi connectivity index (χ3n) is 1.27. The van der Waals surface area contributed by atoms with Crippen LogP contribution < -0.4 is 0 Å². The van der Waals surface area contributed by atoms with Crippen LogP contribution in [0.2, 0.25) is 5.02 Å². The van der Waals surface area contributed by atoms with Crippen molar-refractivity contribution in [3.05, 3.63) is 28.8 Å². The Hall–Kier alpha value is -0.900. The first kappa shape index (κ1) is 9.19. The van der Waals surface area contributed by atoms with Gasteiger partial charge in [-0.2, -0.15) is 13.2 Å². The van der Waals surface area contributed by atoms with Crippen molar-refractivity contribution in [2.24, 2.45) is 0 Å². The minimum absolute atomic E-state index is 0.0944. The maximum atomic E-state index is 11.9. The molecular weight excluding hydrogens is 193 g/mol. The number of rotatable bonds is 0. The number of hydrogen-bond acceptors (Lipinski definition) is 1. The van der Waals surface area contributed by atoms with Crippen molar-refractivity contribution in [2.75, 3.05) is 0 Å². The highest BCUT2D eigenvalue weighted by Crippen LogP contribution is 2.33. The zero-order chi connectivity index (χ0) is 9.35. The maximum Gasteiger partial charge on any atom is 0.416 e. The van der Waals surface area contributed by atoms with Crippen molar-refractivity contribution in [1.82, 2.24) is 0 Å². The Balaban J connectivity index is 3.14. The third-order valence-corrected chi connectivity index (χ3v) is 1.59. The fourth-order valence-corrected chi connectivity index (χ4v) is 0.807. The van der Waals surface area contributed by atoms with Crippen molar-refractivity contribution in [3.63, 3.8) is 0 Å². The van der Waals surface area contributed by atoms with Gasteiger partial charge in [0.15, 0.2) is 0 Å². The van der Waals surface area contributed by atoms with Gasteiger partial charge < -0.3 is 5.11 Å². The Labute approximate surface area is 71.4 Å². The van der Waals surface area contributed by atoms with Crippen LogP contribution in [-0.4, -0.2) is 5.11 Å². The van der Waals surface area contributed by atoms with E-state index >= 15 is 0 Å². The zero-order valence-corrected chi connectivity index (χ0v) is 6.45. The Morgan fingerprint density at radius 3 is 2.25 bits per heavy atom. The monoisotopic (exact) mass is 196 g/mol. The number of alkyl halides is 3. The van der Waals surface area contributed by atoms with E-state index in [0.29, 0.717) is 6.07 Å². The maximum absolute atomic E-state index is 11.9. The second-order valence-electron chi connectivity index (χ2n) is 2.16. The van der Waals surface area contributed by atoms with Crippen molar-refractivity contribution >= 4 is 11.6 Å². The Morgan fingerprint density at radius 1 is 1.25 bits per heavy atom. The van der Waals surface area contributed by atoms with Crippen LogP contribution in [0.25, 0.3) is 0 Å². The van der Waals surface area contributed by atoms with Gasteiger partial charge in [-0.15, -0.1) is 0 Å². The Bertz CT molecular complexity index is 295. The molecule has 1 aromatic carbocycles. The molecule has 0 atom stereocenters. The van der Waals surface area contributed by atoms with Crippen LogP contribution in [0, 0.1) is 0 Å².